The molecule has 0 amide bonds. The average Bonchev–Trinajstić information content (AvgIpc) is 2.83. The van der Waals surface area contributed by atoms with E-state index in [1.807, 2.05) is 23.4 Å². The topological polar surface area (TPSA) is 47.8 Å². The van der Waals surface area contributed by atoms with Crippen molar-refractivity contribution in [3.8, 4) is 0 Å². The van der Waals surface area contributed by atoms with Gasteiger partial charge in [0.1, 0.15) is 5.66 Å². The van der Waals surface area contributed by atoms with E-state index in [0.29, 0.717) is 0 Å². The monoisotopic (exact) mass is 289 g/mol. The van der Waals surface area contributed by atoms with Crippen molar-refractivity contribution in [2.75, 3.05) is 39.3 Å². The lowest BCUT2D eigenvalue weighted by Gasteiger charge is -2.36. The van der Waals surface area contributed by atoms with E-state index in [1.54, 1.807) is 0 Å². The van der Waals surface area contributed by atoms with Crippen LogP contribution in [0.1, 0.15) is 19.8 Å². The first-order chi connectivity index (χ1) is 10.2. The molecule has 5 heteroatoms. The number of hydrazine groups is 1. The van der Waals surface area contributed by atoms with Gasteiger partial charge < -0.3 is 15.5 Å². The molecular formula is C16H27N5. The van der Waals surface area contributed by atoms with Gasteiger partial charge in [-0.15, -0.1) is 0 Å². The van der Waals surface area contributed by atoms with E-state index in [0.717, 1.165) is 31.8 Å². The Morgan fingerprint density at radius 2 is 1.86 bits per heavy atom. The summed E-state index contributed by atoms with van der Waals surface area (Å²) in [6, 6.07) is 0. The molecule has 1 saturated heterocycles. The normalized spacial score (nSPS) is 29.8. The van der Waals surface area contributed by atoms with Gasteiger partial charge in [-0.3, -0.25) is 5.01 Å². The first-order valence-electron chi connectivity index (χ1n) is 8.07. The van der Waals surface area contributed by atoms with Crippen molar-refractivity contribution in [3.05, 3.63) is 36.2 Å². The first-order valence-corrected chi connectivity index (χ1v) is 8.07. The van der Waals surface area contributed by atoms with Crippen molar-refractivity contribution in [3.63, 3.8) is 0 Å². The highest BCUT2D eigenvalue weighted by atomic mass is 15.6. The summed E-state index contributed by atoms with van der Waals surface area (Å²) in [5.74, 6) is 0. The summed E-state index contributed by atoms with van der Waals surface area (Å²) in [4.78, 5) is 5.09. The van der Waals surface area contributed by atoms with Crippen LogP contribution in [0.15, 0.2) is 36.2 Å². The van der Waals surface area contributed by atoms with E-state index in [4.69, 9.17) is 5.73 Å². The van der Waals surface area contributed by atoms with E-state index < -0.39 is 5.66 Å². The summed E-state index contributed by atoms with van der Waals surface area (Å²) in [5, 5.41) is 2.01. The number of allylic oxidation sites excluding steroid dienone is 3. The van der Waals surface area contributed by atoms with Crippen LogP contribution in [-0.2, 0) is 0 Å². The lowest BCUT2D eigenvalue weighted by molar-refractivity contribution is 0.121. The van der Waals surface area contributed by atoms with Gasteiger partial charge in [0.2, 0.25) is 0 Å². The SMILES string of the molecule is CCCN1CCN(CCC2(N)C=C3C=CC=CN3N2)CC1. The molecule has 0 aromatic rings. The Kier molecular flexibility index (Phi) is 4.45. The molecule has 1 unspecified atom stereocenters. The van der Waals surface area contributed by atoms with E-state index in [1.165, 1.54) is 26.1 Å². The number of piperazine rings is 1. The molecule has 0 aromatic heterocycles. The lowest BCUT2D eigenvalue weighted by Crippen LogP contribution is -2.55. The minimum Gasteiger partial charge on any atom is -0.309 e. The number of nitrogens with one attached hydrogen (secondary N) is 1. The van der Waals surface area contributed by atoms with Gasteiger partial charge >= 0.3 is 0 Å². The quantitative estimate of drug-likeness (QED) is 0.786. The Morgan fingerprint density at radius 1 is 1.14 bits per heavy atom. The number of hydrogen-bond acceptors (Lipinski definition) is 5. The molecule has 0 aliphatic carbocycles. The standard InChI is InChI=1S/C16H27N5/c1-2-7-19-10-12-20(13-11-19)9-6-16(17)14-15-5-3-4-8-21(15)18-16/h3-5,8,14,18H,2,6-7,9-13,17H2,1H3. The van der Waals surface area contributed by atoms with Crippen LogP contribution in [0.25, 0.3) is 0 Å². The van der Waals surface area contributed by atoms with E-state index in [-0.39, 0.29) is 0 Å². The minimum atomic E-state index is -0.422. The second-order valence-electron chi connectivity index (χ2n) is 6.23. The highest BCUT2D eigenvalue weighted by Crippen LogP contribution is 2.23. The molecule has 21 heavy (non-hydrogen) atoms. The van der Waals surface area contributed by atoms with Crippen molar-refractivity contribution in [2.45, 2.75) is 25.4 Å². The number of nitrogens with zero attached hydrogens (tertiary/aromatic N) is 3. The molecule has 3 aliphatic heterocycles. The Labute approximate surface area is 127 Å². The Morgan fingerprint density at radius 3 is 2.52 bits per heavy atom. The maximum Gasteiger partial charge on any atom is 0.107 e. The summed E-state index contributed by atoms with van der Waals surface area (Å²) in [5.41, 5.74) is 10.6. The van der Waals surface area contributed by atoms with Gasteiger partial charge in [-0.2, -0.15) is 0 Å². The predicted molar refractivity (Wildman–Crippen MR) is 86.0 cm³/mol. The fourth-order valence-corrected chi connectivity index (χ4v) is 3.22. The van der Waals surface area contributed by atoms with Crippen LogP contribution >= 0.6 is 0 Å². The van der Waals surface area contributed by atoms with E-state index in [9.17, 15) is 0 Å². The van der Waals surface area contributed by atoms with Gasteiger partial charge in [-0.1, -0.05) is 13.0 Å². The minimum absolute atomic E-state index is 0.422. The Hall–Kier alpha value is -1.14. The third-order valence-corrected chi connectivity index (χ3v) is 4.47. The molecule has 0 spiro atoms. The third kappa shape index (κ3) is 3.55. The molecule has 0 bridgehead atoms. The molecule has 3 heterocycles. The van der Waals surface area contributed by atoms with Crippen molar-refractivity contribution in [1.82, 2.24) is 20.2 Å². The zero-order chi connectivity index (χ0) is 14.7. The maximum atomic E-state index is 6.48. The van der Waals surface area contributed by atoms with Gasteiger partial charge in [0.05, 0.1) is 5.70 Å². The molecule has 0 aromatic carbocycles. The van der Waals surface area contributed by atoms with Crippen LogP contribution in [-0.4, -0.2) is 59.7 Å². The van der Waals surface area contributed by atoms with Crippen LogP contribution in [0.3, 0.4) is 0 Å². The molecule has 0 radical (unpaired) electrons. The second-order valence-corrected chi connectivity index (χ2v) is 6.23. The second kappa shape index (κ2) is 6.32. The number of nitrogens with two attached hydrogens (primary N) is 1. The molecule has 0 saturated carbocycles. The molecule has 5 nitrogen and oxygen atoms in total. The van der Waals surface area contributed by atoms with Gasteiger partial charge in [0, 0.05) is 38.9 Å². The number of rotatable bonds is 5. The maximum absolute atomic E-state index is 6.48. The fraction of sp³-hybridized carbons (Fsp3) is 0.625. The van der Waals surface area contributed by atoms with Crippen molar-refractivity contribution in [1.29, 1.82) is 0 Å². The molecule has 3 rings (SSSR count). The van der Waals surface area contributed by atoms with Crippen molar-refractivity contribution in [2.24, 2.45) is 5.73 Å². The van der Waals surface area contributed by atoms with Gasteiger partial charge in [0.25, 0.3) is 0 Å². The van der Waals surface area contributed by atoms with E-state index in [2.05, 4.69) is 34.3 Å². The molecule has 116 valence electrons. The largest absolute Gasteiger partial charge is 0.309 e. The zero-order valence-electron chi connectivity index (χ0n) is 13.0. The highest BCUT2D eigenvalue weighted by molar-refractivity contribution is 5.33. The van der Waals surface area contributed by atoms with Crippen LogP contribution in [0.4, 0.5) is 0 Å². The molecule has 3 N–H and O–H groups in total. The zero-order valence-corrected chi connectivity index (χ0v) is 13.0. The van der Waals surface area contributed by atoms with Crippen LogP contribution in [0, 0.1) is 0 Å². The molecule has 1 atom stereocenters. The molecular weight excluding hydrogens is 262 g/mol. The summed E-state index contributed by atoms with van der Waals surface area (Å²) < 4.78 is 0. The fourth-order valence-electron chi connectivity index (χ4n) is 3.22. The summed E-state index contributed by atoms with van der Waals surface area (Å²) in [6.07, 6.45) is 12.5. The van der Waals surface area contributed by atoms with Crippen LogP contribution < -0.4 is 11.2 Å². The molecule has 3 aliphatic rings. The molecule has 1 fully saturated rings. The van der Waals surface area contributed by atoms with Crippen LogP contribution in [0.2, 0.25) is 0 Å². The number of hydrogen-bond donors (Lipinski definition) is 2. The first kappa shape index (κ1) is 14.8. The van der Waals surface area contributed by atoms with Crippen LogP contribution in [0.5, 0.6) is 0 Å². The van der Waals surface area contributed by atoms with Gasteiger partial charge in [-0.25, -0.2) is 5.43 Å². The average molecular weight is 289 g/mol. The highest BCUT2D eigenvalue weighted by Gasteiger charge is 2.32. The summed E-state index contributed by atoms with van der Waals surface area (Å²) >= 11 is 0. The Balaban J connectivity index is 1.47. The smallest absolute Gasteiger partial charge is 0.107 e. The van der Waals surface area contributed by atoms with Crippen molar-refractivity contribution >= 4 is 0 Å². The lowest BCUT2D eigenvalue weighted by atomic mass is 10.1. The number of fused-ring (bicyclic) bond motifs is 1. The summed E-state index contributed by atoms with van der Waals surface area (Å²) in [6.45, 7) is 9.24. The van der Waals surface area contributed by atoms with Gasteiger partial charge in [-0.05, 0) is 37.6 Å². The predicted octanol–water partition coefficient (Wildman–Crippen LogP) is 0.847. The summed E-state index contributed by atoms with van der Waals surface area (Å²) in [7, 11) is 0. The van der Waals surface area contributed by atoms with Crippen molar-refractivity contribution < 1.29 is 0 Å². The Bertz CT molecular complexity index is 448. The van der Waals surface area contributed by atoms with E-state index >= 15 is 0 Å². The third-order valence-electron chi connectivity index (χ3n) is 4.47. The van der Waals surface area contributed by atoms with Gasteiger partial charge in [0.15, 0.2) is 0 Å².